The quantitative estimate of drug-likeness (QED) is 0.155. The average Bonchev–Trinajstić information content (AvgIpc) is 4.19. The zero-order valence-corrected chi connectivity index (χ0v) is 41.2. The van der Waals surface area contributed by atoms with Gasteiger partial charge in [0.2, 0.25) is 0 Å². The molecule has 0 amide bonds. The third kappa shape index (κ3) is 5.65. The molecule has 4 aliphatic carbocycles. The highest BCUT2D eigenvalue weighted by Crippen LogP contribution is 2.65. The van der Waals surface area contributed by atoms with Gasteiger partial charge < -0.3 is 4.90 Å². The molecule has 0 heterocycles. The molecule has 1 nitrogen and oxygen atoms in total. The predicted molar refractivity (Wildman–Crippen MR) is 310 cm³/mol. The molecule has 1 fully saturated rings. The van der Waals surface area contributed by atoms with Gasteiger partial charge in [0.05, 0.1) is 11.1 Å². The van der Waals surface area contributed by atoms with Gasteiger partial charge in [-0.25, -0.2) is 0 Å². The zero-order chi connectivity index (χ0) is 48.5. The maximum absolute atomic E-state index is 2.64. The normalized spacial score (nSPS) is 15.0. The van der Waals surface area contributed by atoms with Crippen molar-refractivity contribution in [2.45, 2.75) is 42.9 Å². The van der Waals surface area contributed by atoms with Gasteiger partial charge in [0.15, 0.2) is 0 Å². The fourth-order valence-electron chi connectivity index (χ4n) is 14.9. The van der Waals surface area contributed by atoms with E-state index in [1.54, 1.807) is 0 Å². The molecule has 12 aromatic carbocycles. The number of anilines is 3. The first-order valence-corrected chi connectivity index (χ1v) is 26.7. The molecule has 4 aliphatic rings. The van der Waals surface area contributed by atoms with Crippen LogP contribution in [0.5, 0.6) is 0 Å². The molecular weight excluding hydrogens is 891 g/mol. The second-order valence-corrected chi connectivity index (χ2v) is 21.3. The lowest BCUT2D eigenvalue weighted by Crippen LogP contribution is -2.28. The lowest BCUT2D eigenvalue weighted by atomic mass is 9.68. The van der Waals surface area contributed by atoms with E-state index >= 15 is 0 Å². The highest BCUT2D eigenvalue weighted by molar-refractivity contribution is 6.26. The van der Waals surface area contributed by atoms with Gasteiger partial charge >= 0.3 is 0 Å². The molecule has 2 spiro atoms. The van der Waals surface area contributed by atoms with E-state index in [9.17, 15) is 0 Å². The lowest BCUT2D eigenvalue weighted by molar-refractivity contribution is 0.353. The van der Waals surface area contributed by atoms with Crippen LogP contribution in [0.25, 0.3) is 88.0 Å². The van der Waals surface area contributed by atoms with Crippen molar-refractivity contribution in [1.82, 2.24) is 0 Å². The van der Waals surface area contributed by atoms with Gasteiger partial charge in [0.1, 0.15) is 0 Å². The Labute approximate surface area is 432 Å². The first-order chi connectivity index (χ1) is 36.7. The molecule has 0 aliphatic heterocycles. The van der Waals surface area contributed by atoms with E-state index in [2.05, 4.69) is 254 Å². The standard InChI is InChI=1S/C73H51N/c1-3-21-47(22-4-1)50-23-5-6-24-51(50)64-45-63-60-32-14-18-36-69(60)73(67-34-16-12-29-57(67)58-30-13-17-35-68(58)73)70(63)46-71(64)74(48-37-39-56-54-27-8-7-25-52(54)53-26-9-10-28-55(53)61(56)43-48)49-38-40-66-62(44-49)59-31-11-15-33-65(59)72(66)41-19-2-20-42-72/h1,3-18,21-40,43-46H,2,19-20,41-42H2. The fraction of sp³-hybridized carbons (Fsp3) is 0.0959. The Hall–Kier alpha value is -8.78. The molecule has 0 bridgehead atoms. The monoisotopic (exact) mass is 941 g/mol. The van der Waals surface area contributed by atoms with E-state index in [0.717, 1.165) is 17.1 Å². The molecule has 0 radical (unpaired) electrons. The second-order valence-electron chi connectivity index (χ2n) is 21.3. The smallest absolute Gasteiger partial charge is 0.0726 e. The molecular formula is C73H51N. The van der Waals surface area contributed by atoms with Crippen LogP contribution in [0, 0.1) is 0 Å². The predicted octanol–water partition coefficient (Wildman–Crippen LogP) is 19.5. The van der Waals surface area contributed by atoms with Crippen molar-refractivity contribution in [2.24, 2.45) is 0 Å². The van der Waals surface area contributed by atoms with Crippen molar-refractivity contribution in [3.63, 3.8) is 0 Å². The highest BCUT2D eigenvalue weighted by Gasteiger charge is 2.52. The number of fused-ring (bicyclic) bond motifs is 21. The van der Waals surface area contributed by atoms with E-state index in [1.165, 1.54) is 153 Å². The molecule has 12 aromatic rings. The molecule has 0 N–H and O–H groups in total. The Balaban J connectivity index is 1.05. The molecule has 1 saturated carbocycles. The maximum atomic E-state index is 2.64. The number of nitrogens with zero attached hydrogens (tertiary/aromatic N) is 1. The van der Waals surface area contributed by atoms with Crippen molar-refractivity contribution in [3.8, 4) is 55.6 Å². The topological polar surface area (TPSA) is 3.24 Å². The third-order valence-electron chi connectivity index (χ3n) is 17.9. The largest absolute Gasteiger partial charge is 0.310 e. The minimum Gasteiger partial charge on any atom is -0.310 e. The summed E-state index contributed by atoms with van der Waals surface area (Å²) >= 11 is 0. The molecule has 0 aromatic heterocycles. The molecule has 74 heavy (non-hydrogen) atoms. The Morgan fingerprint density at radius 1 is 0.257 bits per heavy atom. The van der Waals surface area contributed by atoms with Crippen LogP contribution in [0.3, 0.4) is 0 Å². The SMILES string of the molecule is c1ccc(-c2ccccc2-c2cc3c(cc2N(c2ccc4c(c2)-c2ccccc2C42CCCCC2)c2ccc4c5ccccc5c5ccccc5c4c2)C2(c4ccccc4-c4ccccc42)c2ccccc2-3)cc1. The fourth-order valence-corrected chi connectivity index (χ4v) is 14.9. The van der Waals surface area contributed by atoms with Crippen LogP contribution in [-0.4, -0.2) is 0 Å². The summed E-state index contributed by atoms with van der Waals surface area (Å²) in [7, 11) is 0. The first-order valence-electron chi connectivity index (χ1n) is 26.7. The lowest BCUT2D eigenvalue weighted by Gasteiger charge is -2.36. The highest BCUT2D eigenvalue weighted by atomic mass is 15.1. The molecule has 348 valence electrons. The molecule has 0 saturated heterocycles. The van der Waals surface area contributed by atoms with Crippen molar-refractivity contribution >= 4 is 49.4 Å². The summed E-state index contributed by atoms with van der Waals surface area (Å²) in [6.07, 6.45) is 6.22. The minimum absolute atomic E-state index is 0.0468. The van der Waals surface area contributed by atoms with Gasteiger partial charge in [-0.2, -0.15) is 0 Å². The summed E-state index contributed by atoms with van der Waals surface area (Å²) in [6.45, 7) is 0. The summed E-state index contributed by atoms with van der Waals surface area (Å²) in [6, 6.07) is 95.1. The average molecular weight is 942 g/mol. The second kappa shape index (κ2) is 15.9. The maximum Gasteiger partial charge on any atom is 0.0726 e. The summed E-state index contributed by atoms with van der Waals surface area (Å²) in [5.74, 6) is 0. The van der Waals surface area contributed by atoms with E-state index in [-0.39, 0.29) is 5.41 Å². The number of hydrogen-bond donors (Lipinski definition) is 0. The summed E-state index contributed by atoms with van der Waals surface area (Å²) in [4.78, 5) is 2.64. The van der Waals surface area contributed by atoms with Crippen LogP contribution in [-0.2, 0) is 10.8 Å². The van der Waals surface area contributed by atoms with Crippen molar-refractivity contribution in [1.29, 1.82) is 0 Å². The van der Waals surface area contributed by atoms with Crippen molar-refractivity contribution in [3.05, 3.63) is 282 Å². The van der Waals surface area contributed by atoms with Crippen LogP contribution in [0.1, 0.15) is 65.5 Å². The first kappa shape index (κ1) is 41.8. The Morgan fingerprint density at radius 2 is 0.689 bits per heavy atom. The molecule has 16 rings (SSSR count). The Kier molecular flexibility index (Phi) is 8.96. The third-order valence-corrected chi connectivity index (χ3v) is 17.9. The summed E-state index contributed by atoms with van der Waals surface area (Å²) in [5.41, 5.74) is 24.1. The summed E-state index contributed by atoms with van der Waals surface area (Å²) < 4.78 is 0. The van der Waals surface area contributed by atoms with E-state index < -0.39 is 5.41 Å². The number of benzene rings is 12. The number of hydrogen-bond acceptors (Lipinski definition) is 1. The Bertz CT molecular complexity index is 4220. The van der Waals surface area contributed by atoms with Crippen LogP contribution >= 0.6 is 0 Å². The van der Waals surface area contributed by atoms with Crippen LogP contribution in [0.4, 0.5) is 17.1 Å². The molecule has 0 unspecified atom stereocenters. The molecule has 1 heteroatoms. The number of rotatable bonds is 5. The van der Waals surface area contributed by atoms with Gasteiger partial charge in [0.25, 0.3) is 0 Å². The van der Waals surface area contributed by atoms with E-state index in [1.807, 2.05) is 0 Å². The van der Waals surface area contributed by atoms with Gasteiger partial charge in [-0.05, 0) is 165 Å². The van der Waals surface area contributed by atoms with Gasteiger partial charge in [0, 0.05) is 22.4 Å². The van der Waals surface area contributed by atoms with Crippen molar-refractivity contribution < 1.29 is 0 Å². The minimum atomic E-state index is -0.528. The van der Waals surface area contributed by atoms with Gasteiger partial charge in [-0.3, -0.25) is 0 Å². The van der Waals surface area contributed by atoms with Gasteiger partial charge in [-0.1, -0.05) is 232 Å². The zero-order valence-electron chi connectivity index (χ0n) is 41.2. The van der Waals surface area contributed by atoms with E-state index in [4.69, 9.17) is 0 Å². The van der Waals surface area contributed by atoms with Crippen LogP contribution < -0.4 is 4.90 Å². The van der Waals surface area contributed by atoms with Crippen LogP contribution in [0.15, 0.2) is 249 Å². The van der Waals surface area contributed by atoms with E-state index in [0.29, 0.717) is 0 Å². The van der Waals surface area contributed by atoms with Crippen molar-refractivity contribution in [2.75, 3.05) is 4.90 Å². The Morgan fingerprint density at radius 3 is 1.31 bits per heavy atom. The summed E-state index contributed by atoms with van der Waals surface area (Å²) in [5, 5.41) is 7.63. The molecule has 0 atom stereocenters. The van der Waals surface area contributed by atoms with Crippen LogP contribution in [0.2, 0.25) is 0 Å². The van der Waals surface area contributed by atoms with Gasteiger partial charge in [-0.15, -0.1) is 0 Å².